The molecule has 16 heavy (non-hydrogen) atoms. The standard InChI is InChI=1S/C12H14O4/c1-3-9-15-11(13)7-5-6-8-12(14)16-10-4-2/h3-4,9-10H2,1-2H3. The Morgan fingerprint density at radius 3 is 1.56 bits per heavy atom. The molecule has 0 aromatic rings. The summed E-state index contributed by atoms with van der Waals surface area (Å²) in [4.78, 5) is 21.7. The van der Waals surface area contributed by atoms with Crippen molar-refractivity contribution < 1.29 is 19.1 Å². The Morgan fingerprint density at radius 1 is 0.875 bits per heavy atom. The summed E-state index contributed by atoms with van der Waals surface area (Å²) in [5.41, 5.74) is 0. The fraction of sp³-hybridized carbons (Fsp3) is 0.500. The Bertz CT molecular complexity index is 313. The van der Waals surface area contributed by atoms with Gasteiger partial charge in [0.1, 0.15) is 0 Å². The van der Waals surface area contributed by atoms with E-state index < -0.39 is 11.9 Å². The van der Waals surface area contributed by atoms with Crippen molar-refractivity contribution in [2.24, 2.45) is 0 Å². The monoisotopic (exact) mass is 222 g/mol. The number of esters is 2. The first-order chi connectivity index (χ1) is 7.70. The first-order valence-electron chi connectivity index (χ1n) is 5.06. The van der Waals surface area contributed by atoms with Crippen LogP contribution in [0.4, 0.5) is 0 Å². The SMILES string of the molecule is CCCOC(=O)C#CC#CC(=O)OCCC. The molecule has 0 aromatic heterocycles. The number of hydrogen-bond donors (Lipinski definition) is 0. The van der Waals surface area contributed by atoms with Gasteiger partial charge in [0.25, 0.3) is 0 Å². The van der Waals surface area contributed by atoms with Crippen molar-refractivity contribution in [1.82, 2.24) is 0 Å². The van der Waals surface area contributed by atoms with E-state index >= 15 is 0 Å². The maximum atomic E-state index is 10.8. The molecular formula is C12H14O4. The summed E-state index contributed by atoms with van der Waals surface area (Å²) in [6.45, 7) is 4.42. The summed E-state index contributed by atoms with van der Waals surface area (Å²) in [7, 11) is 0. The van der Waals surface area contributed by atoms with Gasteiger partial charge in [-0.1, -0.05) is 13.8 Å². The van der Waals surface area contributed by atoms with Crippen LogP contribution in [-0.4, -0.2) is 25.2 Å². The van der Waals surface area contributed by atoms with Gasteiger partial charge in [-0.3, -0.25) is 0 Å². The van der Waals surface area contributed by atoms with Gasteiger partial charge in [0.15, 0.2) is 0 Å². The van der Waals surface area contributed by atoms with Crippen molar-refractivity contribution in [3.63, 3.8) is 0 Å². The second kappa shape index (κ2) is 9.61. The van der Waals surface area contributed by atoms with Gasteiger partial charge >= 0.3 is 11.9 Å². The summed E-state index contributed by atoms with van der Waals surface area (Å²) in [6.07, 6.45) is 1.48. The van der Waals surface area contributed by atoms with E-state index in [1.54, 1.807) is 0 Å². The van der Waals surface area contributed by atoms with E-state index in [1.807, 2.05) is 13.8 Å². The topological polar surface area (TPSA) is 52.6 Å². The van der Waals surface area contributed by atoms with Gasteiger partial charge in [-0.25, -0.2) is 9.59 Å². The molecule has 0 saturated carbocycles. The third-order valence-corrected chi connectivity index (χ3v) is 1.27. The van der Waals surface area contributed by atoms with E-state index in [0.717, 1.165) is 12.8 Å². The third kappa shape index (κ3) is 8.65. The maximum Gasteiger partial charge on any atom is 0.385 e. The molecule has 4 heteroatoms. The van der Waals surface area contributed by atoms with Crippen LogP contribution in [0.5, 0.6) is 0 Å². The van der Waals surface area contributed by atoms with Crippen molar-refractivity contribution >= 4 is 11.9 Å². The predicted octanol–water partition coefficient (Wildman–Crippen LogP) is 0.900. The zero-order chi connectivity index (χ0) is 12.2. The lowest BCUT2D eigenvalue weighted by Crippen LogP contribution is -2.02. The number of rotatable bonds is 4. The fourth-order valence-corrected chi connectivity index (χ4v) is 0.626. The molecular weight excluding hydrogens is 208 g/mol. The molecule has 0 amide bonds. The molecule has 0 spiro atoms. The van der Waals surface area contributed by atoms with Crippen LogP contribution < -0.4 is 0 Å². The molecule has 0 heterocycles. The summed E-state index contributed by atoms with van der Waals surface area (Å²) in [5, 5.41) is 0. The highest BCUT2D eigenvalue weighted by atomic mass is 16.5. The van der Waals surface area contributed by atoms with Crippen LogP contribution in [0.1, 0.15) is 26.7 Å². The van der Waals surface area contributed by atoms with Crippen LogP contribution in [0.3, 0.4) is 0 Å². The molecule has 86 valence electrons. The second-order valence-corrected chi connectivity index (χ2v) is 2.77. The van der Waals surface area contributed by atoms with Gasteiger partial charge in [-0.05, 0) is 24.7 Å². The van der Waals surface area contributed by atoms with Crippen LogP contribution in [0.25, 0.3) is 0 Å². The Hall–Kier alpha value is -1.94. The predicted molar refractivity (Wildman–Crippen MR) is 58.1 cm³/mol. The first-order valence-corrected chi connectivity index (χ1v) is 5.06. The fourth-order valence-electron chi connectivity index (χ4n) is 0.626. The van der Waals surface area contributed by atoms with E-state index in [9.17, 15) is 9.59 Å². The van der Waals surface area contributed by atoms with Crippen LogP contribution in [0.15, 0.2) is 0 Å². The minimum atomic E-state index is -0.641. The largest absolute Gasteiger partial charge is 0.456 e. The van der Waals surface area contributed by atoms with Crippen molar-refractivity contribution in [3.8, 4) is 23.7 Å². The van der Waals surface area contributed by atoms with Crippen molar-refractivity contribution in [3.05, 3.63) is 0 Å². The van der Waals surface area contributed by atoms with Crippen LogP contribution in [0, 0.1) is 23.7 Å². The lowest BCUT2D eigenvalue weighted by Gasteiger charge is -1.93. The Balaban J connectivity index is 3.94. The van der Waals surface area contributed by atoms with Gasteiger partial charge in [0.05, 0.1) is 13.2 Å². The molecule has 0 N–H and O–H groups in total. The van der Waals surface area contributed by atoms with E-state index in [0.29, 0.717) is 13.2 Å². The summed E-state index contributed by atoms with van der Waals surface area (Å²) in [5.74, 6) is 7.42. The molecule has 0 fully saturated rings. The lowest BCUT2D eigenvalue weighted by atomic mass is 10.5. The molecule has 0 radical (unpaired) electrons. The Kier molecular flexibility index (Phi) is 8.44. The highest BCUT2D eigenvalue weighted by molar-refractivity contribution is 5.91. The average Bonchev–Trinajstić information content (AvgIpc) is 2.29. The van der Waals surface area contributed by atoms with Gasteiger partial charge in [0, 0.05) is 11.8 Å². The van der Waals surface area contributed by atoms with Crippen LogP contribution in [-0.2, 0) is 19.1 Å². The van der Waals surface area contributed by atoms with Crippen LogP contribution in [0.2, 0.25) is 0 Å². The minimum Gasteiger partial charge on any atom is -0.456 e. The molecule has 0 atom stereocenters. The van der Waals surface area contributed by atoms with E-state index in [1.165, 1.54) is 0 Å². The number of ether oxygens (including phenoxy) is 2. The maximum absolute atomic E-state index is 10.8. The van der Waals surface area contributed by atoms with Gasteiger partial charge < -0.3 is 9.47 Å². The Morgan fingerprint density at radius 2 is 1.25 bits per heavy atom. The zero-order valence-electron chi connectivity index (χ0n) is 9.46. The van der Waals surface area contributed by atoms with E-state index in [4.69, 9.17) is 0 Å². The highest BCUT2D eigenvalue weighted by Gasteiger charge is 1.94. The zero-order valence-corrected chi connectivity index (χ0v) is 9.46. The summed E-state index contributed by atoms with van der Waals surface area (Å²) in [6, 6.07) is 0. The third-order valence-electron chi connectivity index (χ3n) is 1.27. The molecule has 0 aliphatic carbocycles. The van der Waals surface area contributed by atoms with Gasteiger partial charge in [-0.2, -0.15) is 0 Å². The van der Waals surface area contributed by atoms with E-state index in [2.05, 4.69) is 33.2 Å². The van der Waals surface area contributed by atoms with Gasteiger partial charge in [-0.15, -0.1) is 0 Å². The number of carbonyl (C=O) groups is 2. The molecule has 0 bridgehead atoms. The van der Waals surface area contributed by atoms with Crippen molar-refractivity contribution in [2.75, 3.05) is 13.2 Å². The molecule has 0 unspecified atom stereocenters. The smallest absolute Gasteiger partial charge is 0.385 e. The number of hydrogen-bond acceptors (Lipinski definition) is 4. The second-order valence-electron chi connectivity index (χ2n) is 2.77. The molecule has 0 aliphatic heterocycles. The molecule has 0 aromatic carbocycles. The number of carbonyl (C=O) groups excluding carboxylic acids is 2. The first kappa shape index (κ1) is 14.1. The van der Waals surface area contributed by atoms with E-state index in [-0.39, 0.29) is 0 Å². The van der Waals surface area contributed by atoms with Gasteiger partial charge in [0.2, 0.25) is 0 Å². The quantitative estimate of drug-likeness (QED) is 0.403. The van der Waals surface area contributed by atoms with Crippen LogP contribution >= 0.6 is 0 Å². The highest BCUT2D eigenvalue weighted by Crippen LogP contribution is 1.81. The minimum absolute atomic E-state index is 0.333. The molecule has 0 rings (SSSR count). The summed E-state index contributed by atoms with van der Waals surface area (Å²) >= 11 is 0. The Labute approximate surface area is 95.3 Å². The lowest BCUT2D eigenvalue weighted by molar-refractivity contribution is -0.137. The normalized spacial score (nSPS) is 7.88. The van der Waals surface area contributed by atoms with Crippen molar-refractivity contribution in [2.45, 2.75) is 26.7 Å². The average molecular weight is 222 g/mol. The molecule has 0 aliphatic rings. The molecule has 4 nitrogen and oxygen atoms in total. The summed E-state index contributed by atoms with van der Waals surface area (Å²) < 4.78 is 9.33. The molecule has 0 saturated heterocycles. The van der Waals surface area contributed by atoms with Crippen molar-refractivity contribution in [1.29, 1.82) is 0 Å².